The summed E-state index contributed by atoms with van der Waals surface area (Å²) in [5, 5.41) is 9.41. The second-order valence-electron chi connectivity index (χ2n) is 4.62. The highest BCUT2D eigenvalue weighted by Gasteiger charge is 2.14. The summed E-state index contributed by atoms with van der Waals surface area (Å²) in [7, 11) is 0. The number of hydrogen-bond acceptors (Lipinski definition) is 4. The molecule has 1 aliphatic rings. The molecular formula is C17H14N2O2. The van der Waals surface area contributed by atoms with E-state index in [9.17, 15) is 5.26 Å². The van der Waals surface area contributed by atoms with Crippen molar-refractivity contribution in [3.63, 3.8) is 0 Å². The van der Waals surface area contributed by atoms with Gasteiger partial charge in [-0.1, -0.05) is 30.3 Å². The highest BCUT2D eigenvalue weighted by Crippen LogP contribution is 2.33. The smallest absolute Gasteiger partial charge is 0.162 e. The largest absolute Gasteiger partial charge is 0.486 e. The Labute approximate surface area is 123 Å². The highest BCUT2D eigenvalue weighted by molar-refractivity contribution is 5.96. The molecule has 0 amide bonds. The summed E-state index contributed by atoms with van der Waals surface area (Å²) >= 11 is 0. The number of nitrogens with zero attached hydrogens (tertiary/aromatic N) is 1. The number of rotatable bonds is 2. The molecule has 0 bridgehead atoms. The van der Waals surface area contributed by atoms with Gasteiger partial charge in [0.25, 0.3) is 0 Å². The number of allylic oxidation sites excluding steroid dienone is 1. The van der Waals surface area contributed by atoms with Gasteiger partial charge in [0.05, 0.1) is 11.3 Å². The average molecular weight is 278 g/mol. The van der Waals surface area contributed by atoms with Crippen LogP contribution in [0.25, 0.3) is 11.3 Å². The van der Waals surface area contributed by atoms with Crippen LogP contribution in [-0.4, -0.2) is 13.2 Å². The van der Waals surface area contributed by atoms with Gasteiger partial charge in [-0.3, -0.25) is 0 Å². The minimum absolute atomic E-state index is 0.431. The molecule has 0 unspecified atom stereocenters. The van der Waals surface area contributed by atoms with E-state index in [0.717, 1.165) is 11.1 Å². The molecule has 3 rings (SSSR count). The third-order valence-corrected chi connectivity index (χ3v) is 3.30. The first kappa shape index (κ1) is 13.1. The Morgan fingerprint density at radius 2 is 1.67 bits per heavy atom. The maximum atomic E-state index is 9.41. The van der Waals surface area contributed by atoms with Crippen LogP contribution < -0.4 is 15.2 Å². The number of nitriles is 1. The molecule has 0 saturated carbocycles. The quantitative estimate of drug-likeness (QED) is 0.677. The van der Waals surface area contributed by atoms with Crippen molar-refractivity contribution in [2.75, 3.05) is 13.2 Å². The van der Waals surface area contributed by atoms with Crippen molar-refractivity contribution in [2.24, 2.45) is 5.73 Å². The zero-order chi connectivity index (χ0) is 14.7. The molecule has 0 aliphatic carbocycles. The van der Waals surface area contributed by atoms with Gasteiger partial charge < -0.3 is 15.2 Å². The first-order valence-electron chi connectivity index (χ1n) is 6.65. The highest BCUT2D eigenvalue weighted by atomic mass is 16.6. The third-order valence-electron chi connectivity index (χ3n) is 3.30. The van der Waals surface area contributed by atoms with Crippen molar-refractivity contribution < 1.29 is 9.47 Å². The molecule has 21 heavy (non-hydrogen) atoms. The molecule has 0 fully saturated rings. The molecular weight excluding hydrogens is 264 g/mol. The van der Waals surface area contributed by atoms with Crippen molar-refractivity contribution in [1.29, 1.82) is 5.26 Å². The summed E-state index contributed by atoms with van der Waals surface area (Å²) < 4.78 is 11.0. The molecule has 2 aromatic rings. The number of hydrogen-bond donors (Lipinski definition) is 1. The average Bonchev–Trinajstić information content (AvgIpc) is 2.56. The van der Waals surface area contributed by atoms with Crippen LogP contribution in [0.3, 0.4) is 0 Å². The fourth-order valence-electron chi connectivity index (χ4n) is 2.24. The van der Waals surface area contributed by atoms with Crippen LogP contribution in [0, 0.1) is 11.3 Å². The van der Waals surface area contributed by atoms with Crippen LogP contribution in [0.2, 0.25) is 0 Å². The van der Waals surface area contributed by atoms with Gasteiger partial charge in [-0.25, -0.2) is 0 Å². The Morgan fingerprint density at radius 1 is 0.952 bits per heavy atom. The van der Waals surface area contributed by atoms with E-state index in [2.05, 4.69) is 6.07 Å². The van der Waals surface area contributed by atoms with Crippen LogP contribution in [0.5, 0.6) is 11.5 Å². The molecule has 1 aliphatic heterocycles. The van der Waals surface area contributed by atoms with E-state index >= 15 is 0 Å². The molecule has 0 spiro atoms. The molecule has 104 valence electrons. The van der Waals surface area contributed by atoms with Gasteiger partial charge in [-0.05, 0) is 23.8 Å². The lowest BCUT2D eigenvalue weighted by molar-refractivity contribution is 0.171. The van der Waals surface area contributed by atoms with E-state index in [4.69, 9.17) is 15.2 Å². The topological polar surface area (TPSA) is 68.3 Å². The van der Waals surface area contributed by atoms with Crippen LogP contribution >= 0.6 is 0 Å². The van der Waals surface area contributed by atoms with Gasteiger partial charge in [0.2, 0.25) is 0 Å². The Bertz CT molecular complexity index is 730. The van der Waals surface area contributed by atoms with Gasteiger partial charge >= 0.3 is 0 Å². The lowest BCUT2D eigenvalue weighted by Crippen LogP contribution is -2.15. The van der Waals surface area contributed by atoms with Crippen LogP contribution in [0.15, 0.2) is 48.5 Å². The van der Waals surface area contributed by atoms with Crippen LogP contribution in [0.4, 0.5) is 0 Å². The van der Waals surface area contributed by atoms with Gasteiger partial charge in [0.15, 0.2) is 11.5 Å². The molecule has 2 aromatic carbocycles. The summed E-state index contributed by atoms with van der Waals surface area (Å²) in [6.45, 7) is 1.06. The first-order chi connectivity index (χ1) is 10.3. The monoisotopic (exact) mass is 278 g/mol. The molecule has 1 heterocycles. The zero-order valence-electron chi connectivity index (χ0n) is 11.4. The zero-order valence-corrected chi connectivity index (χ0v) is 11.4. The molecule has 0 aromatic heterocycles. The van der Waals surface area contributed by atoms with E-state index in [1.54, 1.807) is 0 Å². The number of benzene rings is 2. The summed E-state index contributed by atoms with van der Waals surface area (Å²) in [4.78, 5) is 0. The van der Waals surface area contributed by atoms with E-state index in [1.165, 1.54) is 0 Å². The van der Waals surface area contributed by atoms with Crippen LogP contribution in [-0.2, 0) is 0 Å². The summed E-state index contributed by atoms with van der Waals surface area (Å²) in [6, 6.07) is 17.0. The lowest BCUT2D eigenvalue weighted by Gasteiger charge is -2.19. The van der Waals surface area contributed by atoms with E-state index < -0.39 is 0 Å². The summed E-state index contributed by atoms with van der Waals surface area (Å²) in [5.74, 6) is 1.36. The molecule has 0 radical (unpaired) electrons. The standard InChI is InChI=1S/C17H14N2O2/c18-11-14(12-4-2-1-3-5-12)17(19)13-6-7-15-16(10-13)21-9-8-20-15/h1-7,10H,8-9,19H2/b17-14-. The Morgan fingerprint density at radius 3 is 2.38 bits per heavy atom. The maximum Gasteiger partial charge on any atom is 0.162 e. The molecule has 4 nitrogen and oxygen atoms in total. The third kappa shape index (κ3) is 2.54. The molecule has 4 heteroatoms. The Balaban J connectivity index is 2.06. The lowest BCUT2D eigenvalue weighted by atomic mass is 10.0. The molecule has 0 atom stereocenters. The second-order valence-corrected chi connectivity index (χ2v) is 4.62. The van der Waals surface area contributed by atoms with Crippen molar-refractivity contribution in [3.05, 3.63) is 59.7 Å². The predicted molar refractivity (Wildman–Crippen MR) is 80.5 cm³/mol. The SMILES string of the molecule is N#C/C(=C(/N)c1ccc2c(c1)OCCO2)c1ccccc1. The van der Waals surface area contributed by atoms with Crippen molar-refractivity contribution >= 4 is 11.3 Å². The number of fused-ring (bicyclic) bond motifs is 1. The maximum absolute atomic E-state index is 9.41. The van der Waals surface area contributed by atoms with Gasteiger partial charge in [-0.2, -0.15) is 5.26 Å². The van der Waals surface area contributed by atoms with E-state index in [1.807, 2.05) is 48.5 Å². The predicted octanol–water partition coefficient (Wildman–Crippen LogP) is 2.81. The molecule has 2 N–H and O–H groups in total. The molecule has 0 saturated heterocycles. The van der Waals surface area contributed by atoms with Gasteiger partial charge in [-0.15, -0.1) is 0 Å². The Hall–Kier alpha value is -2.93. The van der Waals surface area contributed by atoms with E-state index in [0.29, 0.717) is 36.0 Å². The number of ether oxygens (including phenoxy) is 2. The fraction of sp³-hybridized carbons (Fsp3) is 0.118. The van der Waals surface area contributed by atoms with Crippen molar-refractivity contribution in [3.8, 4) is 17.6 Å². The minimum atomic E-state index is 0.431. The minimum Gasteiger partial charge on any atom is -0.486 e. The number of nitrogens with two attached hydrogens (primary N) is 1. The summed E-state index contributed by atoms with van der Waals surface area (Å²) in [5.41, 5.74) is 8.61. The summed E-state index contributed by atoms with van der Waals surface area (Å²) in [6.07, 6.45) is 0. The Kier molecular flexibility index (Phi) is 3.48. The first-order valence-corrected chi connectivity index (χ1v) is 6.65. The normalized spacial score (nSPS) is 14.0. The van der Waals surface area contributed by atoms with Crippen molar-refractivity contribution in [1.82, 2.24) is 0 Å². The van der Waals surface area contributed by atoms with Gasteiger partial charge in [0, 0.05) is 5.56 Å². The second kappa shape index (κ2) is 5.59. The van der Waals surface area contributed by atoms with Crippen molar-refractivity contribution in [2.45, 2.75) is 0 Å². The van der Waals surface area contributed by atoms with Gasteiger partial charge in [0.1, 0.15) is 19.3 Å². The van der Waals surface area contributed by atoms with E-state index in [-0.39, 0.29) is 0 Å². The fourth-order valence-corrected chi connectivity index (χ4v) is 2.24. The van der Waals surface area contributed by atoms with Crippen LogP contribution in [0.1, 0.15) is 11.1 Å².